The van der Waals surface area contributed by atoms with Gasteiger partial charge in [-0.05, 0) is 12.1 Å². The molecule has 2 aromatic rings. The zero-order chi connectivity index (χ0) is 16.2. The van der Waals surface area contributed by atoms with E-state index in [9.17, 15) is 18.3 Å². The molecule has 2 aromatic heterocycles. The Hall–Kier alpha value is -2.29. The monoisotopic (exact) mass is 326 g/mol. The molecule has 4 rings (SSSR count). The molecule has 23 heavy (non-hydrogen) atoms. The minimum absolute atomic E-state index is 0.145. The fraction of sp³-hybridized carbons (Fsp3) is 0.429. The van der Waals surface area contributed by atoms with E-state index < -0.39 is 11.7 Å². The lowest BCUT2D eigenvalue weighted by atomic mass is 10.1. The first kappa shape index (κ1) is 14.3. The number of alkyl halides is 3. The van der Waals surface area contributed by atoms with Crippen LogP contribution in [0.3, 0.4) is 0 Å². The Morgan fingerprint density at radius 3 is 2.87 bits per heavy atom. The van der Waals surface area contributed by atoms with Crippen molar-refractivity contribution in [2.45, 2.75) is 25.4 Å². The number of hydrogen-bond donors (Lipinski definition) is 1. The predicted molar refractivity (Wildman–Crippen MR) is 73.0 cm³/mol. The zero-order valence-electron chi connectivity index (χ0n) is 11.9. The molecule has 1 N–H and O–H groups in total. The van der Waals surface area contributed by atoms with Gasteiger partial charge in [-0.3, -0.25) is 4.68 Å². The maximum absolute atomic E-state index is 12.8. The number of nitrogens with zero attached hydrogens (tertiary/aromatic N) is 4. The number of ether oxygens (including phenoxy) is 1. The van der Waals surface area contributed by atoms with Gasteiger partial charge in [-0.1, -0.05) is 0 Å². The van der Waals surface area contributed by atoms with Crippen molar-refractivity contribution in [3.63, 3.8) is 0 Å². The SMILES string of the molecule is OCc1cc2n(n1)CCN1c3ncc(C(F)(F)F)cc3OCC21. The Morgan fingerprint density at radius 2 is 2.13 bits per heavy atom. The summed E-state index contributed by atoms with van der Waals surface area (Å²) in [7, 11) is 0. The fourth-order valence-corrected chi connectivity index (χ4v) is 3.04. The van der Waals surface area contributed by atoms with Gasteiger partial charge in [0.15, 0.2) is 11.6 Å². The van der Waals surface area contributed by atoms with Crippen LogP contribution in [0.5, 0.6) is 5.75 Å². The maximum Gasteiger partial charge on any atom is 0.418 e. The summed E-state index contributed by atoms with van der Waals surface area (Å²) in [6.45, 7) is 1.21. The van der Waals surface area contributed by atoms with E-state index in [-0.39, 0.29) is 25.0 Å². The molecule has 0 bridgehead atoms. The molecule has 0 radical (unpaired) electrons. The van der Waals surface area contributed by atoms with Crippen LogP contribution < -0.4 is 9.64 Å². The van der Waals surface area contributed by atoms with Crippen LogP contribution in [0, 0.1) is 0 Å². The summed E-state index contributed by atoms with van der Waals surface area (Å²) in [6, 6.07) is 2.60. The van der Waals surface area contributed by atoms with Gasteiger partial charge in [0.05, 0.1) is 30.1 Å². The van der Waals surface area contributed by atoms with E-state index in [4.69, 9.17) is 4.74 Å². The molecule has 1 unspecified atom stereocenters. The second kappa shape index (κ2) is 4.85. The average Bonchev–Trinajstić information content (AvgIpc) is 2.96. The minimum Gasteiger partial charge on any atom is -0.487 e. The molecule has 0 saturated heterocycles. The summed E-state index contributed by atoms with van der Waals surface area (Å²) in [4.78, 5) is 5.90. The van der Waals surface area contributed by atoms with Crippen LogP contribution in [-0.4, -0.2) is 33.0 Å². The van der Waals surface area contributed by atoms with Crippen molar-refractivity contribution in [2.24, 2.45) is 0 Å². The Labute approximate surface area is 129 Å². The van der Waals surface area contributed by atoms with Crippen molar-refractivity contribution in [1.29, 1.82) is 0 Å². The number of anilines is 1. The highest BCUT2D eigenvalue weighted by atomic mass is 19.4. The van der Waals surface area contributed by atoms with E-state index in [1.165, 1.54) is 0 Å². The standard InChI is InChI=1S/C14H13F3N4O2/c15-14(16,17)8-3-12-13(18-5-8)20-1-2-21-10(11(20)7-23-12)4-9(6-22)19-21/h3-5,11,22H,1-2,6-7H2. The Balaban J connectivity index is 1.72. The van der Waals surface area contributed by atoms with Crippen molar-refractivity contribution in [2.75, 3.05) is 18.1 Å². The number of aliphatic hydroxyl groups is 1. The highest BCUT2D eigenvalue weighted by Crippen LogP contribution is 2.42. The Bertz CT molecular complexity index is 759. The third-order valence-corrected chi connectivity index (χ3v) is 4.12. The van der Waals surface area contributed by atoms with E-state index in [0.29, 0.717) is 24.6 Å². The summed E-state index contributed by atoms with van der Waals surface area (Å²) in [6.07, 6.45) is -3.62. The molecule has 2 aliphatic rings. The first-order valence-electron chi connectivity index (χ1n) is 7.11. The molecular formula is C14H13F3N4O2. The second-order valence-electron chi connectivity index (χ2n) is 5.51. The van der Waals surface area contributed by atoms with Crippen molar-refractivity contribution >= 4 is 5.82 Å². The predicted octanol–water partition coefficient (Wildman–Crippen LogP) is 1.74. The fourth-order valence-electron chi connectivity index (χ4n) is 3.04. The van der Waals surface area contributed by atoms with Crippen LogP contribution in [0.2, 0.25) is 0 Å². The molecule has 4 heterocycles. The summed E-state index contributed by atoms with van der Waals surface area (Å²) < 4.78 is 45.7. The van der Waals surface area contributed by atoms with Crippen LogP contribution in [0.1, 0.15) is 23.0 Å². The molecule has 0 fully saturated rings. The molecule has 6 nitrogen and oxygen atoms in total. The molecule has 9 heteroatoms. The molecule has 1 atom stereocenters. The summed E-state index contributed by atoms with van der Waals surface area (Å²) in [5.41, 5.74) is 0.611. The smallest absolute Gasteiger partial charge is 0.418 e. The molecule has 122 valence electrons. The second-order valence-corrected chi connectivity index (χ2v) is 5.51. The number of pyridine rings is 1. The van der Waals surface area contributed by atoms with Crippen molar-refractivity contribution in [3.8, 4) is 5.75 Å². The quantitative estimate of drug-likeness (QED) is 0.865. The van der Waals surface area contributed by atoms with E-state index in [1.807, 2.05) is 4.90 Å². The largest absolute Gasteiger partial charge is 0.487 e. The highest BCUT2D eigenvalue weighted by molar-refractivity contribution is 5.57. The number of aromatic nitrogens is 3. The van der Waals surface area contributed by atoms with Gasteiger partial charge in [0.1, 0.15) is 12.6 Å². The maximum atomic E-state index is 12.8. The lowest BCUT2D eigenvalue weighted by molar-refractivity contribution is -0.138. The van der Waals surface area contributed by atoms with Crippen molar-refractivity contribution in [3.05, 3.63) is 35.3 Å². The van der Waals surface area contributed by atoms with Crippen LogP contribution in [0.25, 0.3) is 0 Å². The summed E-state index contributed by atoms with van der Waals surface area (Å²) >= 11 is 0. The highest BCUT2D eigenvalue weighted by Gasteiger charge is 2.38. The first-order chi connectivity index (χ1) is 11.0. The van der Waals surface area contributed by atoms with Gasteiger partial charge in [0.2, 0.25) is 0 Å². The van der Waals surface area contributed by atoms with Crippen LogP contribution in [0.15, 0.2) is 18.3 Å². The van der Waals surface area contributed by atoms with Crippen molar-refractivity contribution < 1.29 is 23.0 Å². The molecule has 0 aromatic carbocycles. The topological polar surface area (TPSA) is 63.4 Å². The van der Waals surface area contributed by atoms with Gasteiger partial charge in [0, 0.05) is 12.7 Å². The Kier molecular flexibility index (Phi) is 3.02. The first-order valence-corrected chi connectivity index (χ1v) is 7.11. The van der Waals surface area contributed by atoms with E-state index >= 15 is 0 Å². The van der Waals surface area contributed by atoms with Gasteiger partial charge < -0.3 is 14.7 Å². The number of halogens is 3. The normalized spacial score (nSPS) is 19.7. The van der Waals surface area contributed by atoms with Crippen molar-refractivity contribution in [1.82, 2.24) is 14.8 Å². The van der Waals surface area contributed by atoms with E-state index in [2.05, 4.69) is 10.1 Å². The third kappa shape index (κ3) is 2.23. The van der Waals surface area contributed by atoms with Gasteiger partial charge in [-0.2, -0.15) is 18.3 Å². The lowest BCUT2D eigenvalue weighted by Gasteiger charge is -2.40. The summed E-state index contributed by atoms with van der Waals surface area (Å²) in [5, 5.41) is 13.5. The number of hydrogen-bond acceptors (Lipinski definition) is 5. The minimum atomic E-state index is -4.45. The molecule has 0 spiro atoms. The molecule has 2 aliphatic heterocycles. The zero-order valence-corrected chi connectivity index (χ0v) is 11.9. The van der Waals surface area contributed by atoms with Crippen LogP contribution in [-0.2, 0) is 19.3 Å². The third-order valence-electron chi connectivity index (χ3n) is 4.12. The number of rotatable bonds is 1. The average molecular weight is 326 g/mol. The van der Waals surface area contributed by atoms with E-state index in [1.54, 1.807) is 10.7 Å². The van der Waals surface area contributed by atoms with E-state index in [0.717, 1.165) is 18.0 Å². The number of aliphatic hydroxyl groups excluding tert-OH is 1. The molecule has 0 amide bonds. The number of fused-ring (bicyclic) bond motifs is 5. The van der Waals surface area contributed by atoms with Gasteiger partial charge in [0.25, 0.3) is 0 Å². The molecule has 0 saturated carbocycles. The van der Waals surface area contributed by atoms with Gasteiger partial charge in [-0.25, -0.2) is 4.98 Å². The van der Waals surface area contributed by atoms with Crippen LogP contribution in [0.4, 0.5) is 19.0 Å². The molecule has 0 aliphatic carbocycles. The van der Waals surface area contributed by atoms with Gasteiger partial charge in [-0.15, -0.1) is 0 Å². The lowest BCUT2D eigenvalue weighted by Crippen LogP contribution is -2.44. The van der Waals surface area contributed by atoms with Gasteiger partial charge >= 0.3 is 6.18 Å². The summed E-state index contributed by atoms with van der Waals surface area (Å²) in [5.74, 6) is 0.554. The Morgan fingerprint density at radius 1 is 1.30 bits per heavy atom. The van der Waals surface area contributed by atoms with Crippen LogP contribution >= 0.6 is 0 Å². The molecular weight excluding hydrogens is 313 g/mol.